The fourth-order valence-corrected chi connectivity index (χ4v) is 2.81. The maximum absolute atomic E-state index is 9.16. The molecular weight excluding hydrogens is 248 g/mol. The summed E-state index contributed by atoms with van der Waals surface area (Å²) in [5, 5.41) is 12.7. The Kier molecular flexibility index (Phi) is 4.67. The minimum atomic E-state index is -0.432. The van der Waals surface area contributed by atoms with Crippen LogP contribution in [-0.4, -0.2) is 19.3 Å². The Morgan fingerprint density at radius 2 is 1.85 bits per heavy atom. The van der Waals surface area contributed by atoms with Crippen molar-refractivity contribution in [3.8, 4) is 6.07 Å². The highest BCUT2D eigenvalue weighted by atomic mass is 16.5. The summed E-state index contributed by atoms with van der Waals surface area (Å²) in [5.74, 6) is 0. The topological polar surface area (TPSA) is 45.0 Å². The van der Waals surface area contributed by atoms with E-state index in [-0.39, 0.29) is 0 Å². The molecule has 20 heavy (non-hydrogen) atoms. The second-order valence-electron chi connectivity index (χ2n) is 6.12. The summed E-state index contributed by atoms with van der Waals surface area (Å²) in [7, 11) is 1.79. The fraction of sp³-hybridized carbons (Fsp3) is 0.588. The Hall–Kier alpha value is -1.53. The zero-order chi connectivity index (χ0) is 14.6. The van der Waals surface area contributed by atoms with Gasteiger partial charge in [0.05, 0.1) is 23.6 Å². The molecule has 1 aromatic rings. The van der Waals surface area contributed by atoms with Gasteiger partial charge in [0, 0.05) is 12.8 Å². The molecule has 1 saturated carbocycles. The van der Waals surface area contributed by atoms with Crippen LogP contribution in [0.15, 0.2) is 24.3 Å². The lowest BCUT2D eigenvalue weighted by molar-refractivity contribution is 0.0606. The summed E-state index contributed by atoms with van der Waals surface area (Å²) in [6.07, 6.45) is 5.11. The van der Waals surface area contributed by atoms with Gasteiger partial charge in [0.2, 0.25) is 0 Å². The molecular formula is C17H24N2O. The molecule has 0 radical (unpaired) electrons. The zero-order valence-electron chi connectivity index (χ0n) is 12.6. The van der Waals surface area contributed by atoms with Crippen molar-refractivity contribution in [1.82, 2.24) is 0 Å². The third-order valence-corrected chi connectivity index (χ3v) is 4.24. The molecule has 1 fully saturated rings. The Bertz CT molecular complexity index is 473. The monoisotopic (exact) mass is 272 g/mol. The maximum Gasteiger partial charge on any atom is 0.0772 e. The average Bonchev–Trinajstić information content (AvgIpc) is 2.48. The minimum absolute atomic E-state index is 0.305. The van der Waals surface area contributed by atoms with Crippen LogP contribution in [-0.2, 0) is 10.2 Å². The predicted octanol–water partition coefficient (Wildman–Crippen LogP) is 3.86. The quantitative estimate of drug-likeness (QED) is 0.905. The van der Waals surface area contributed by atoms with Crippen LogP contribution in [0.3, 0.4) is 0 Å². The van der Waals surface area contributed by atoms with Crippen LogP contribution in [0.5, 0.6) is 0 Å². The first-order valence-electron chi connectivity index (χ1n) is 7.38. The minimum Gasteiger partial charge on any atom is -0.380 e. The molecule has 0 aliphatic heterocycles. The van der Waals surface area contributed by atoms with Gasteiger partial charge in [-0.1, -0.05) is 25.0 Å². The maximum atomic E-state index is 9.16. The van der Waals surface area contributed by atoms with Gasteiger partial charge in [0.25, 0.3) is 0 Å². The molecule has 2 unspecified atom stereocenters. The molecule has 0 amide bonds. The third-order valence-electron chi connectivity index (χ3n) is 4.24. The van der Waals surface area contributed by atoms with E-state index >= 15 is 0 Å². The highest BCUT2D eigenvalue weighted by molar-refractivity contribution is 5.48. The number of rotatable bonds is 4. The van der Waals surface area contributed by atoms with Crippen LogP contribution in [0.4, 0.5) is 5.69 Å². The smallest absolute Gasteiger partial charge is 0.0772 e. The molecule has 2 rings (SSSR count). The fourth-order valence-electron chi connectivity index (χ4n) is 2.81. The zero-order valence-corrected chi connectivity index (χ0v) is 12.6. The van der Waals surface area contributed by atoms with Crippen LogP contribution >= 0.6 is 0 Å². The van der Waals surface area contributed by atoms with Gasteiger partial charge in [0.15, 0.2) is 0 Å². The molecule has 1 aliphatic rings. The number of nitriles is 1. The lowest BCUT2D eigenvalue weighted by Gasteiger charge is -2.32. The van der Waals surface area contributed by atoms with Crippen molar-refractivity contribution < 1.29 is 4.74 Å². The van der Waals surface area contributed by atoms with Gasteiger partial charge in [-0.25, -0.2) is 0 Å². The number of methoxy groups -OCH3 is 1. The second kappa shape index (κ2) is 6.28. The van der Waals surface area contributed by atoms with Crippen LogP contribution < -0.4 is 5.32 Å². The molecule has 0 aromatic heterocycles. The van der Waals surface area contributed by atoms with Gasteiger partial charge < -0.3 is 10.1 Å². The molecule has 1 aliphatic carbocycles. The first kappa shape index (κ1) is 14.9. The van der Waals surface area contributed by atoms with Crippen molar-refractivity contribution in [2.45, 2.75) is 57.1 Å². The van der Waals surface area contributed by atoms with Crippen LogP contribution in [0, 0.1) is 11.3 Å². The average molecular weight is 272 g/mol. The molecule has 1 N–H and O–H groups in total. The number of hydrogen-bond donors (Lipinski definition) is 1. The Morgan fingerprint density at radius 3 is 2.45 bits per heavy atom. The summed E-state index contributed by atoms with van der Waals surface area (Å²) >= 11 is 0. The SMILES string of the molecule is COC1CCCCC1Nc1ccc(C(C)(C)C#N)cc1. The first-order chi connectivity index (χ1) is 9.56. The molecule has 0 spiro atoms. The van der Waals surface area contributed by atoms with Crippen molar-refractivity contribution in [2.24, 2.45) is 0 Å². The number of hydrogen-bond acceptors (Lipinski definition) is 3. The van der Waals surface area contributed by atoms with Gasteiger partial charge >= 0.3 is 0 Å². The van der Waals surface area contributed by atoms with Gasteiger partial charge in [-0.15, -0.1) is 0 Å². The van der Waals surface area contributed by atoms with Crippen molar-refractivity contribution in [2.75, 3.05) is 12.4 Å². The largest absolute Gasteiger partial charge is 0.380 e. The number of anilines is 1. The Labute approximate surface area is 121 Å². The van der Waals surface area contributed by atoms with E-state index in [0.29, 0.717) is 12.1 Å². The van der Waals surface area contributed by atoms with Gasteiger partial charge in [-0.3, -0.25) is 0 Å². The molecule has 3 heteroatoms. The van der Waals surface area contributed by atoms with Gasteiger partial charge in [-0.05, 0) is 44.4 Å². The number of nitrogens with zero attached hydrogens (tertiary/aromatic N) is 1. The van der Waals surface area contributed by atoms with E-state index in [0.717, 1.165) is 24.1 Å². The van der Waals surface area contributed by atoms with E-state index in [1.165, 1.54) is 12.8 Å². The number of nitrogens with one attached hydrogen (secondary N) is 1. The normalized spacial score (nSPS) is 23.1. The second-order valence-corrected chi connectivity index (χ2v) is 6.12. The lowest BCUT2D eigenvalue weighted by atomic mass is 9.86. The number of ether oxygens (including phenoxy) is 1. The molecule has 0 saturated heterocycles. The summed E-state index contributed by atoms with van der Waals surface area (Å²) in [5.41, 5.74) is 1.73. The van der Waals surface area contributed by atoms with E-state index in [1.54, 1.807) is 7.11 Å². The van der Waals surface area contributed by atoms with E-state index < -0.39 is 5.41 Å². The summed E-state index contributed by atoms with van der Waals surface area (Å²) < 4.78 is 5.57. The highest BCUT2D eigenvalue weighted by Gasteiger charge is 2.25. The van der Waals surface area contributed by atoms with Crippen molar-refractivity contribution >= 4 is 5.69 Å². The summed E-state index contributed by atoms with van der Waals surface area (Å²) in [4.78, 5) is 0. The first-order valence-corrected chi connectivity index (χ1v) is 7.38. The van der Waals surface area contributed by atoms with Crippen molar-refractivity contribution in [1.29, 1.82) is 5.26 Å². The standard InChI is InChI=1S/C17H24N2O/c1-17(2,12-18)13-8-10-14(11-9-13)19-15-6-4-5-7-16(15)20-3/h8-11,15-16,19H,4-7H2,1-3H3. The molecule has 0 heterocycles. The van der Waals surface area contributed by atoms with Crippen molar-refractivity contribution in [3.05, 3.63) is 29.8 Å². The van der Waals surface area contributed by atoms with Crippen molar-refractivity contribution in [3.63, 3.8) is 0 Å². The third kappa shape index (κ3) is 3.32. The predicted molar refractivity (Wildman–Crippen MR) is 81.8 cm³/mol. The van der Waals surface area contributed by atoms with Crippen LogP contribution in [0.1, 0.15) is 45.1 Å². The van der Waals surface area contributed by atoms with Gasteiger partial charge in [-0.2, -0.15) is 5.26 Å². The number of benzene rings is 1. The van der Waals surface area contributed by atoms with E-state index in [2.05, 4.69) is 23.5 Å². The molecule has 2 atom stereocenters. The summed E-state index contributed by atoms with van der Waals surface area (Å²) in [6, 6.07) is 10.9. The van der Waals surface area contributed by atoms with E-state index in [1.807, 2.05) is 26.0 Å². The molecule has 108 valence electrons. The summed E-state index contributed by atoms with van der Waals surface area (Å²) in [6.45, 7) is 3.88. The highest BCUT2D eigenvalue weighted by Crippen LogP contribution is 2.26. The van der Waals surface area contributed by atoms with E-state index in [9.17, 15) is 0 Å². The Morgan fingerprint density at radius 1 is 1.20 bits per heavy atom. The Balaban J connectivity index is 2.05. The van der Waals surface area contributed by atoms with Crippen LogP contribution in [0.2, 0.25) is 0 Å². The molecule has 1 aromatic carbocycles. The molecule has 0 bridgehead atoms. The van der Waals surface area contributed by atoms with Gasteiger partial charge in [0.1, 0.15) is 0 Å². The molecule has 3 nitrogen and oxygen atoms in total. The van der Waals surface area contributed by atoms with E-state index in [4.69, 9.17) is 10.00 Å². The lowest BCUT2D eigenvalue weighted by Crippen LogP contribution is -2.37. The van der Waals surface area contributed by atoms with Crippen LogP contribution in [0.25, 0.3) is 0 Å².